The molecule has 3 rings (SSSR count). The van der Waals surface area contributed by atoms with Crippen LogP contribution in [-0.2, 0) is 4.74 Å². The lowest BCUT2D eigenvalue weighted by atomic mass is 10.2. The molecule has 0 aromatic heterocycles. The Morgan fingerprint density at radius 1 is 1.17 bits per heavy atom. The molecule has 2 saturated heterocycles. The molecule has 1 unspecified atom stereocenters. The normalized spacial score (nSPS) is 22.6. The fourth-order valence-corrected chi connectivity index (χ4v) is 2.99. The fraction of sp³-hybridized carbons (Fsp3) is 0.562. The van der Waals surface area contributed by atoms with Crippen molar-refractivity contribution in [2.24, 2.45) is 0 Å². The Bertz CT molecular complexity index is 580. The van der Waals surface area contributed by atoms with Crippen LogP contribution in [0, 0.1) is 11.6 Å². The van der Waals surface area contributed by atoms with Gasteiger partial charge in [0.15, 0.2) is 11.6 Å². The average molecular weight is 325 g/mol. The number of cyclic esters (lactones) is 1. The van der Waals surface area contributed by atoms with Crippen molar-refractivity contribution in [2.45, 2.75) is 19.4 Å². The van der Waals surface area contributed by atoms with E-state index in [0.717, 1.165) is 13.1 Å². The summed E-state index contributed by atoms with van der Waals surface area (Å²) in [4.78, 5) is 16.9. The first-order valence-electron chi connectivity index (χ1n) is 7.90. The molecule has 0 N–H and O–H groups in total. The van der Waals surface area contributed by atoms with Gasteiger partial charge in [-0.3, -0.25) is 4.90 Å². The van der Waals surface area contributed by atoms with Crippen LogP contribution in [0.2, 0.25) is 0 Å². The van der Waals surface area contributed by atoms with Gasteiger partial charge in [0.05, 0.1) is 12.2 Å². The number of piperazine rings is 1. The summed E-state index contributed by atoms with van der Waals surface area (Å²) in [6.45, 7) is 4.90. The van der Waals surface area contributed by atoms with Crippen LogP contribution < -0.4 is 9.80 Å². The van der Waals surface area contributed by atoms with E-state index < -0.39 is 17.7 Å². The lowest BCUT2D eigenvalue weighted by molar-refractivity contribution is 0.139. The first-order chi connectivity index (χ1) is 11.0. The molecule has 0 bridgehead atoms. The molecule has 1 aromatic rings. The molecular formula is C16H21F2N3O2. The molecule has 2 heterocycles. The largest absolute Gasteiger partial charge is 0.444 e. The van der Waals surface area contributed by atoms with Crippen molar-refractivity contribution in [3.05, 3.63) is 23.8 Å². The van der Waals surface area contributed by atoms with Crippen LogP contribution >= 0.6 is 0 Å². The monoisotopic (exact) mass is 325 g/mol. The summed E-state index contributed by atoms with van der Waals surface area (Å²) < 4.78 is 34.1. The molecule has 2 fully saturated rings. The van der Waals surface area contributed by atoms with Crippen molar-refractivity contribution in [3.63, 3.8) is 0 Å². The first kappa shape index (κ1) is 16.0. The van der Waals surface area contributed by atoms with Crippen molar-refractivity contribution in [3.8, 4) is 0 Å². The van der Waals surface area contributed by atoms with Gasteiger partial charge in [-0.25, -0.2) is 13.6 Å². The molecule has 23 heavy (non-hydrogen) atoms. The van der Waals surface area contributed by atoms with Crippen molar-refractivity contribution >= 4 is 17.5 Å². The summed E-state index contributed by atoms with van der Waals surface area (Å²) in [7, 11) is 1.98. The molecule has 0 aliphatic carbocycles. The maximum Gasteiger partial charge on any atom is 0.414 e. The van der Waals surface area contributed by atoms with Gasteiger partial charge < -0.3 is 14.5 Å². The van der Waals surface area contributed by atoms with Gasteiger partial charge in [0.25, 0.3) is 0 Å². The highest BCUT2D eigenvalue weighted by atomic mass is 19.1. The topological polar surface area (TPSA) is 36.0 Å². The standard InChI is InChI=1S/C16H21F2N3O2/c1-3-12-10-21(16(22)23-12)11-8-13(17)15(14(18)9-11)20-6-4-19(2)5-7-20/h8-9,12H,3-7,10H2,1-2H3. The van der Waals surface area contributed by atoms with Crippen LogP contribution in [0.1, 0.15) is 13.3 Å². The van der Waals surface area contributed by atoms with E-state index in [1.54, 1.807) is 4.90 Å². The predicted molar refractivity (Wildman–Crippen MR) is 84.0 cm³/mol. The zero-order valence-corrected chi connectivity index (χ0v) is 13.4. The van der Waals surface area contributed by atoms with Crippen molar-refractivity contribution in [2.75, 3.05) is 49.6 Å². The van der Waals surface area contributed by atoms with Gasteiger partial charge >= 0.3 is 6.09 Å². The number of nitrogens with zero attached hydrogens (tertiary/aromatic N) is 3. The second-order valence-corrected chi connectivity index (χ2v) is 6.07. The second-order valence-electron chi connectivity index (χ2n) is 6.07. The number of anilines is 2. The van der Waals surface area contributed by atoms with E-state index in [1.165, 1.54) is 17.0 Å². The molecule has 7 heteroatoms. The van der Waals surface area contributed by atoms with Crippen LogP contribution in [0.5, 0.6) is 0 Å². The zero-order chi connectivity index (χ0) is 16.6. The molecule has 0 saturated carbocycles. The SMILES string of the molecule is CCC1CN(c2cc(F)c(N3CCN(C)CC3)c(F)c2)C(=O)O1. The zero-order valence-electron chi connectivity index (χ0n) is 13.4. The summed E-state index contributed by atoms with van der Waals surface area (Å²) in [6, 6.07) is 2.44. The maximum atomic E-state index is 14.5. The average Bonchev–Trinajstić information content (AvgIpc) is 2.89. The first-order valence-corrected chi connectivity index (χ1v) is 7.90. The summed E-state index contributed by atoms with van der Waals surface area (Å²) >= 11 is 0. The van der Waals surface area contributed by atoms with E-state index in [-0.39, 0.29) is 17.5 Å². The molecule has 0 spiro atoms. The molecule has 1 aromatic carbocycles. The summed E-state index contributed by atoms with van der Waals surface area (Å²) in [5, 5.41) is 0. The van der Waals surface area contributed by atoms with Crippen molar-refractivity contribution in [1.29, 1.82) is 0 Å². The number of carbonyl (C=O) groups is 1. The Kier molecular flexibility index (Phi) is 4.39. The molecule has 1 atom stereocenters. The van der Waals surface area contributed by atoms with Crippen LogP contribution in [0.25, 0.3) is 0 Å². The third-order valence-corrected chi connectivity index (χ3v) is 4.46. The maximum absolute atomic E-state index is 14.5. The van der Waals surface area contributed by atoms with E-state index in [9.17, 15) is 13.6 Å². The van der Waals surface area contributed by atoms with Crippen molar-refractivity contribution < 1.29 is 18.3 Å². The van der Waals surface area contributed by atoms with Crippen molar-refractivity contribution in [1.82, 2.24) is 4.90 Å². The number of ether oxygens (including phenoxy) is 1. The van der Waals surface area contributed by atoms with Gasteiger partial charge in [0.2, 0.25) is 0 Å². The second kappa shape index (κ2) is 6.31. The van der Waals surface area contributed by atoms with E-state index in [0.29, 0.717) is 26.1 Å². The predicted octanol–water partition coefficient (Wildman–Crippen LogP) is 2.45. The van der Waals surface area contributed by atoms with E-state index >= 15 is 0 Å². The molecular weight excluding hydrogens is 304 g/mol. The molecule has 5 nitrogen and oxygen atoms in total. The van der Waals surface area contributed by atoms with Gasteiger partial charge in [-0.15, -0.1) is 0 Å². The molecule has 1 amide bonds. The van der Waals surface area contributed by atoms with Crippen LogP contribution in [0.15, 0.2) is 12.1 Å². The quantitative estimate of drug-likeness (QED) is 0.855. The number of hydrogen-bond donors (Lipinski definition) is 0. The Morgan fingerprint density at radius 2 is 1.78 bits per heavy atom. The molecule has 126 valence electrons. The Balaban J connectivity index is 1.84. The van der Waals surface area contributed by atoms with Gasteiger partial charge in [0, 0.05) is 38.3 Å². The highest BCUT2D eigenvalue weighted by Gasteiger charge is 2.32. The molecule has 0 radical (unpaired) electrons. The number of hydrogen-bond acceptors (Lipinski definition) is 4. The van der Waals surface area contributed by atoms with E-state index in [1.807, 2.05) is 14.0 Å². The Morgan fingerprint density at radius 3 is 2.30 bits per heavy atom. The highest BCUT2D eigenvalue weighted by Crippen LogP contribution is 2.31. The molecule has 2 aliphatic heterocycles. The summed E-state index contributed by atoms with van der Waals surface area (Å²) in [5.41, 5.74) is 0.195. The Labute approximate surface area is 134 Å². The van der Waals surface area contributed by atoms with Gasteiger partial charge in [0.1, 0.15) is 11.8 Å². The van der Waals surface area contributed by atoms with Gasteiger partial charge in [-0.2, -0.15) is 0 Å². The molecule has 2 aliphatic rings. The third-order valence-electron chi connectivity index (χ3n) is 4.46. The van der Waals surface area contributed by atoms with Crippen LogP contribution in [0.3, 0.4) is 0 Å². The fourth-order valence-electron chi connectivity index (χ4n) is 2.99. The smallest absolute Gasteiger partial charge is 0.414 e. The third kappa shape index (κ3) is 3.10. The number of likely N-dealkylation sites (N-methyl/N-ethyl adjacent to an activating group) is 1. The Hall–Kier alpha value is -1.89. The lowest BCUT2D eigenvalue weighted by Crippen LogP contribution is -2.45. The minimum atomic E-state index is -0.641. The van der Waals surface area contributed by atoms with Crippen LogP contribution in [-0.4, -0.2) is 56.9 Å². The minimum absolute atomic E-state index is 0.0125. The summed E-state index contributed by atoms with van der Waals surface area (Å²) in [5.74, 6) is -1.28. The number of benzene rings is 1. The lowest BCUT2D eigenvalue weighted by Gasteiger charge is -2.34. The number of carbonyl (C=O) groups excluding carboxylic acids is 1. The summed E-state index contributed by atoms with van der Waals surface area (Å²) in [6.07, 6.45) is -0.110. The number of rotatable bonds is 3. The van der Waals surface area contributed by atoms with Gasteiger partial charge in [-0.1, -0.05) is 6.92 Å². The number of amides is 1. The minimum Gasteiger partial charge on any atom is -0.444 e. The van der Waals surface area contributed by atoms with E-state index in [2.05, 4.69) is 4.90 Å². The van der Waals surface area contributed by atoms with Gasteiger partial charge in [-0.05, 0) is 13.5 Å². The van der Waals surface area contributed by atoms with Crippen LogP contribution in [0.4, 0.5) is 25.0 Å². The highest BCUT2D eigenvalue weighted by molar-refractivity contribution is 5.90. The van der Waals surface area contributed by atoms with E-state index in [4.69, 9.17) is 4.74 Å². The number of halogens is 2.